The number of azo groups is 1. The first-order chi connectivity index (χ1) is 11.5. The molecule has 3 aromatic carbocycles. The van der Waals surface area contributed by atoms with Gasteiger partial charge in [0, 0.05) is 17.1 Å². The number of benzene rings is 3. The zero-order valence-corrected chi connectivity index (χ0v) is 12.8. The van der Waals surface area contributed by atoms with E-state index < -0.39 is 4.92 Å². The zero-order valence-electron chi connectivity index (χ0n) is 12.8. The van der Waals surface area contributed by atoms with Crippen molar-refractivity contribution in [1.29, 1.82) is 0 Å². The highest BCUT2D eigenvalue weighted by molar-refractivity contribution is 5.95. The summed E-state index contributed by atoms with van der Waals surface area (Å²) >= 11 is 0. The quantitative estimate of drug-likeness (QED) is 0.313. The Morgan fingerprint density at radius 3 is 2.58 bits per heavy atom. The van der Waals surface area contributed by atoms with Crippen LogP contribution in [0.25, 0.3) is 10.8 Å². The van der Waals surface area contributed by atoms with Crippen LogP contribution in [0.2, 0.25) is 0 Å². The van der Waals surface area contributed by atoms with Crippen LogP contribution in [0.3, 0.4) is 0 Å². The lowest BCUT2D eigenvalue weighted by molar-refractivity contribution is -0.384. The number of phenolic OH excluding ortho intramolecular Hbond substituents is 1. The van der Waals surface area contributed by atoms with Crippen LogP contribution in [0, 0.1) is 17.0 Å². The van der Waals surface area contributed by atoms with Gasteiger partial charge in [0.2, 0.25) is 0 Å². The Morgan fingerprint density at radius 2 is 1.83 bits per heavy atom. The van der Waals surface area contributed by atoms with E-state index in [2.05, 4.69) is 10.2 Å². The predicted octanol–water partition coefficient (Wildman–Crippen LogP) is 4.76. The van der Waals surface area contributed by atoms with Gasteiger partial charge >= 0.3 is 0 Å². The van der Waals surface area contributed by atoms with Crippen molar-refractivity contribution in [3.63, 3.8) is 0 Å². The molecule has 0 aliphatic carbocycles. The maximum absolute atomic E-state index is 11.1. The van der Waals surface area contributed by atoms with Crippen molar-refractivity contribution < 1.29 is 10.0 Å². The van der Waals surface area contributed by atoms with Crippen molar-refractivity contribution in [3.05, 3.63) is 64.2 Å². The standard InChI is InChI=1S/C17H14N4O3/c1-10-2-3-11-4-7-16(22)17(13(11)8-10)20-19-14-6-5-12(18)9-15(14)21(23)24/h2-9,22H,18H2,1H3/b20-19+. The van der Waals surface area contributed by atoms with Gasteiger partial charge in [-0.25, -0.2) is 0 Å². The lowest BCUT2D eigenvalue weighted by atomic mass is 10.1. The Balaban J connectivity index is 2.14. The minimum absolute atomic E-state index is 0.0463. The van der Waals surface area contributed by atoms with Crippen molar-refractivity contribution in [2.75, 3.05) is 5.73 Å². The fraction of sp³-hybridized carbons (Fsp3) is 0.0588. The Morgan fingerprint density at radius 1 is 1.08 bits per heavy atom. The molecule has 0 atom stereocenters. The number of aromatic hydroxyl groups is 1. The molecule has 3 rings (SSSR count). The number of phenols is 1. The molecule has 0 aliphatic rings. The first kappa shape index (κ1) is 15.4. The summed E-state index contributed by atoms with van der Waals surface area (Å²) in [5.74, 6) is -0.0463. The Labute approximate surface area is 137 Å². The van der Waals surface area contributed by atoms with Crippen LogP contribution in [0.1, 0.15) is 5.56 Å². The van der Waals surface area contributed by atoms with Crippen LogP contribution in [0.15, 0.2) is 58.8 Å². The van der Waals surface area contributed by atoms with Gasteiger partial charge in [-0.15, -0.1) is 10.2 Å². The van der Waals surface area contributed by atoms with E-state index in [4.69, 9.17) is 5.73 Å². The first-order valence-corrected chi connectivity index (χ1v) is 7.14. The second-order valence-electron chi connectivity index (χ2n) is 5.36. The number of nitro benzene ring substituents is 1. The van der Waals surface area contributed by atoms with Gasteiger partial charge < -0.3 is 10.8 Å². The highest BCUT2D eigenvalue weighted by atomic mass is 16.6. The van der Waals surface area contributed by atoms with E-state index in [1.54, 1.807) is 6.07 Å². The number of aryl methyl sites for hydroxylation is 1. The van der Waals surface area contributed by atoms with Gasteiger partial charge in [0.1, 0.15) is 11.4 Å². The number of anilines is 1. The maximum Gasteiger partial charge on any atom is 0.298 e. The number of fused-ring (bicyclic) bond motifs is 1. The fourth-order valence-corrected chi connectivity index (χ4v) is 2.39. The average molecular weight is 322 g/mol. The molecule has 3 aromatic rings. The second kappa shape index (κ2) is 5.96. The summed E-state index contributed by atoms with van der Waals surface area (Å²) in [6.07, 6.45) is 0. The third-order valence-corrected chi connectivity index (χ3v) is 3.58. The molecule has 120 valence electrons. The van der Waals surface area contributed by atoms with Crippen LogP contribution in [0.4, 0.5) is 22.7 Å². The monoisotopic (exact) mass is 322 g/mol. The summed E-state index contributed by atoms with van der Waals surface area (Å²) < 4.78 is 0. The molecular weight excluding hydrogens is 308 g/mol. The van der Waals surface area contributed by atoms with Gasteiger partial charge in [-0.05, 0) is 36.6 Å². The molecule has 0 unspecified atom stereocenters. The number of nitrogen functional groups attached to an aromatic ring is 1. The summed E-state index contributed by atoms with van der Waals surface area (Å²) in [6, 6.07) is 13.2. The average Bonchev–Trinajstić information content (AvgIpc) is 2.54. The number of nitrogens with zero attached hydrogens (tertiary/aromatic N) is 3. The topological polar surface area (TPSA) is 114 Å². The highest BCUT2D eigenvalue weighted by Gasteiger charge is 2.14. The Bertz CT molecular complexity index is 978. The summed E-state index contributed by atoms with van der Waals surface area (Å²) in [6.45, 7) is 1.93. The summed E-state index contributed by atoms with van der Waals surface area (Å²) in [5.41, 5.74) is 6.93. The Kier molecular flexibility index (Phi) is 3.83. The van der Waals surface area contributed by atoms with Crippen LogP contribution in [-0.2, 0) is 0 Å². The molecule has 3 N–H and O–H groups in total. The first-order valence-electron chi connectivity index (χ1n) is 7.14. The number of rotatable bonds is 3. The number of hydrogen-bond acceptors (Lipinski definition) is 6. The SMILES string of the molecule is Cc1ccc2ccc(O)c(/N=N/c3ccc(N)cc3[N+](=O)[O-])c2c1. The van der Waals surface area contributed by atoms with Gasteiger partial charge in [-0.3, -0.25) is 10.1 Å². The molecule has 7 nitrogen and oxygen atoms in total. The normalized spacial score (nSPS) is 11.2. The molecule has 0 aliphatic heterocycles. The van der Waals surface area contributed by atoms with Crippen LogP contribution >= 0.6 is 0 Å². The molecule has 24 heavy (non-hydrogen) atoms. The van der Waals surface area contributed by atoms with E-state index >= 15 is 0 Å². The molecule has 0 spiro atoms. The van der Waals surface area contributed by atoms with E-state index in [0.717, 1.165) is 16.3 Å². The molecule has 0 bridgehead atoms. The Hall–Kier alpha value is -3.48. The van der Waals surface area contributed by atoms with Gasteiger partial charge in [0.15, 0.2) is 5.69 Å². The second-order valence-corrected chi connectivity index (χ2v) is 5.36. The molecule has 0 saturated heterocycles. The third kappa shape index (κ3) is 2.87. The third-order valence-electron chi connectivity index (χ3n) is 3.58. The van der Waals surface area contributed by atoms with Crippen molar-refractivity contribution in [2.45, 2.75) is 6.92 Å². The molecule has 0 amide bonds. The molecule has 7 heteroatoms. The van der Waals surface area contributed by atoms with E-state index in [-0.39, 0.29) is 28.5 Å². The van der Waals surface area contributed by atoms with Crippen molar-refractivity contribution in [2.24, 2.45) is 10.2 Å². The van der Waals surface area contributed by atoms with Crippen molar-refractivity contribution >= 4 is 33.5 Å². The van der Waals surface area contributed by atoms with Gasteiger partial charge in [0.05, 0.1) is 4.92 Å². The minimum Gasteiger partial charge on any atom is -0.506 e. The van der Waals surface area contributed by atoms with Gasteiger partial charge in [0.25, 0.3) is 5.69 Å². The number of nitrogens with two attached hydrogens (primary N) is 1. The van der Waals surface area contributed by atoms with Crippen molar-refractivity contribution in [1.82, 2.24) is 0 Å². The summed E-state index contributed by atoms with van der Waals surface area (Å²) in [5, 5.41) is 30.8. The van der Waals surface area contributed by atoms with Crippen LogP contribution < -0.4 is 5.73 Å². The van der Waals surface area contributed by atoms with Gasteiger partial charge in [-0.2, -0.15) is 0 Å². The summed E-state index contributed by atoms with van der Waals surface area (Å²) in [7, 11) is 0. The molecule has 0 aromatic heterocycles. The largest absolute Gasteiger partial charge is 0.506 e. The van der Waals surface area contributed by atoms with Crippen LogP contribution in [0.5, 0.6) is 5.75 Å². The summed E-state index contributed by atoms with van der Waals surface area (Å²) in [4.78, 5) is 10.5. The molecule has 0 fully saturated rings. The lowest BCUT2D eigenvalue weighted by Gasteiger charge is -2.05. The smallest absolute Gasteiger partial charge is 0.298 e. The minimum atomic E-state index is -0.572. The van der Waals surface area contributed by atoms with Crippen molar-refractivity contribution in [3.8, 4) is 5.75 Å². The van der Waals surface area contributed by atoms with E-state index in [1.807, 2.05) is 25.1 Å². The lowest BCUT2D eigenvalue weighted by Crippen LogP contribution is -1.91. The number of nitro groups is 1. The highest BCUT2D eigenvalue weighted by Crippen LogP contribution is 2.38. The van der Waals surface area contributed by atoms with E-state index in [0.29, 0.717) is 0 Å². The van der Waals surface area contributed by atoms with Gasteiger partial charge in [-0.1, -0.05) is 23.8 Å². The zero-order chi connectivity index (χ0) is 17.3. The molecule has 0 saturated carbocycles. The predicted molar refractivity (Wildman–Crippen MR) is 92.0 cm³/mol. The molecule has 0 radical (unpaired) electrons. The maximum atomic E-state index is 11.1. The molecular formula is C17H14N4O3. The van der Waals surface area contributed by atoms with E-state index in [9.17, 15) is 15.2 Å². The van der Waals surface area contributed by atoms with E-state index in [1.165, 1.54) is 24.3 Å². The van der Waals surface area contributed by atoms with Crippen LogP contribution in [-0.4, -0.2) is 10.0 Å². The molecule has 0 heterocycles. The fourth-order valence-electron chi connectivity index (χ4n) is 2.39. The number of hydrogen-bond donors (Lipinski definition) is 2.